The van der Waals surface area contributed by atoms with Gasteiger partial charge in [-0.05, 0) is 59.6 Å². The maximum atomic E-state index is 12.7. The first-order chi connectivity index (χ1) is 15.8. The second kappa shape index (κ2) is 11.5. The van der Waals surface area contributed by atoms with Gasteiger partial charge in [0, 0.05) is 22.3 Å². The van der Waals surface area contributed by atoms with E-state index in [-0.39, 0.29) is 17.6 Å². The first kappa shape index (κ1) is 25.0. The number of hydrogen-bond acceptors (Lipinski definition) is 5. The molecule has 0 radical (unpaired) electrons. The molecule has 7 nitrogen and oxygen atoms in total. The molecule has 0 aliphatic carbocycles. The fourth-order valence-electron chi connectivity index (χ4n) is 3.10. The molecule has 0 saturated heterocycles. The van der Waals surface area contributed by atoms with E-state index in [2.05, 4.69) is 43.3 Å². The molecule has 2 N–H and O–H groups in total. The van der Waals surface area contributed by atoms with E-state index in [4.69, 9.17) is 11.6 Å². The maximum Gasteiger partial charge on any atom is 0.252 e. The van der Waals surface area contributed by atoms with Gasteiger partial charge in [-0.3, -0.25) is 9.59 Å². The highest BCUT2D eigenvalue weighted by atomic mass is 79.9. The third-order valence-electron chi connectivity index (χ3n) is 4.72. The summed E-state index contributed by atoms with van der Waals surface area (Å²) in [6.45, 7) is 7.97. The molecule has 33 heavy (non-hydrogen) atoms. The number of nitrogens with one attached hydrogen (secondary N) is 2. The fourth-order valence-corrected chi connectivity index (χ4v) is 4.28. The van der Waals surface area contributed by atoms with Crippen molar-refractivity contribution in [2.75, 3.05) is 11.1 Å². The largest absolute Gasteiger partial charge is 0.342 e. The Balaban J connectivity index is 1.67. The summed E-state index contributed by atoms with van der Waals surface area (Å²) in [5, 5.41) is 15.3. The third-order valence-corrected chi connectivity index (χ3v) is 6.92. The SMILES string of the molecule is C=CCn1c(SCC(=O)Nc2ccc(Br)c(Cl)c2)nnc1[C@@H](C)NC(=O)c1ccccc1C. The summed E-state index contributed by atoms with van der Waals surface area (Å²) in [4.78, 5) is 25.1. The van der Waals surface area contributed by atoms with Gasteiger partial charge in [-0.2, -0.15) is 0 Å². The molecule has 0 unspecified atom stereocenters. The van der Waals surface area contributed by atoms with E-state index in [0.29, 0.717) is 33.8 Å². The highest BCUT2D eigenvalue weighted by Gasteiger charge is 2.21. The van der Waals surface area contributed by atoms with Crippen LogP contribution in [0.3, 0.4) is 0 Å². The number of thioether (sulfide) groups is 1. The van der Waals surface area contributed by atoms with Crippen LogP contribution < -0.4 is 10.6 Å². The van der Waals surface area contributed by atoms with Crippen LogP contribution in [0.25, 0.3) is 0 Å². The molecule has 1 atom stereocenters. The molecule has 0 spiro atoms. The number of hydrogen-bond donors (Lipinski definition) is 2. The Kier molecular flexibility index (Phi) is 8.71. The van der Waals surface area contributed by atoms with E-state index in [0.717, 1.165) is 10.0 Å². The highest BCUT2D eigenvalue weighted by molar-refractivity contribution is 9.10. The first-order valence-electron chi connectivity index (χ1n) is 10.1. The van der Waals surface area contributed by atoms with Crippen molar-refractivity contribution in [3.05, 3.63) is 81.6 Å². The molecule has 0 bridgehead atoms. The summed E-state index contributed by atoms with van der Waals surface area (Å²) in [5.74, 6) is 0.330. The second-order valence-electron chi connectivity index (χ2n) is 7.22. The Labute approximate surface area is 210 Å². The lowest BCUT2D eigenvalue weighted by atomic mass is 10.1. The Morgan fingerprint density at radius 2 is 2.03 bits per heavy atom. The zero-order valence-electron chi connectivity index (χ0n) is 18.1. The number of halogens is 2. The molecule has 10 heteroatoms. The normalized spacial score (nSPS) is 11.6. The van der Waals surface area contributed by atoms with E-state index in [1.165, 1.54) is 11.8 Å². The van der Waals surface area contributed by atoms with Crippen LogP contribution in [-0.4, -0.2) is 32.3 Å². The van der Waals surface area contributed by atoms with Crippen molar-refractivity contribution in [2.24, 2.45) is 0 Å². The molecule has 0 fully saturated rings. The van der Waals surface area contributed by atoms with Crippen molar-refractivity contribution in [3.8, 4) is 0 Å². The van der Waals surface area contributed by atoms with Crippen LogP contribution in [0.15, 0.2) is 64.7 Å². The zero-order valence-corrected chi connectivity index (χ0v) is 21.3. The summed E-state index contributed by atoms with van der Waals surface area (Å²) >= 11 is 10.7. The van der Waals surface area contributed by atoms with Gasteiger partial charge in [0.25, 0.3) is 5.91 Å². The number of nitrogens with zero attached hydrogens (tertiary/aromatic N) is 3. The molecule has 3 rings (SSSR count). The molecule has 3 aromatic rings. The van der Waals surface area contributed by atoms with Crippen LogP contribution in [0.4, 0.5) is 5.69 Å². The maximum absolute atomic E-state index is 12.7. The standard InChI is InChI=1S/C23H23BrClN5O2S/c1-4-11-30-21(15(3)26-22(32)17-8-6-5-7-14(17)2)28-29-23(30)33-13-20(31)27-16-9-10-18(24)19(25)12-16/h4-10,12,15H,1,11,13H2,2-3H3,(H,26,32)(H,27,31)/t15-/m1/s1. The van der Waals surface area contributed by atoms with Crippen molar-refractivity contribution < 1.29 is 9.59 Å². The Hall–Kier alpha value is -2.62. The first-order valence-corrected chi connectivity index (χ1v) is 12.2. The number of aromatic nitrogens is 3. The number of aryl methyl sites for hydroxylation is 1. The monoisotopic (exact) mass is 547 g/mol. The molecule has 0 saturated carbocycles. The fraction of sp³-hybridized carbons (Fsp3) is 0.217. The lowest BCUT2D eigenvalue weighted by Gasteiger charge is -2.16. The van der Waals surface area contributed by atoms with Gasteiger partial charge in [-0.15, -0.1) is 16.8 Å². The quantitative estimate of drug-likeness (QED) is 0.276. The number of allylic oxidation sites excluding steroid dienone is 1. The smallest absolute Gasteiger partial charge is 0.252 e. The Bertz CT molecular complexity index is 1180. The Morgan fingerprint density at radius 1 is 1.27 bits per heavy atom. The second-order valence-corrected chi connectivity index (χ2v) is 9.42. The van der Waals surface area contributed by atoms with E-state index < -0.39 is 6.04 Å². The highest BCUT2D eigenvalue weighted by Crippen LogP contribution is 2.26. The van der Waals surface area contributed by atoms with Gasteiger partial charge in [0.05, 0.1) is 16.8 Å². The molecule has 0 aliphatic heterocycles. The van der Waals surface area contributed by atoms with Crippen molar-refractivity contribution in [1.29, 1.82) is 0 Å². The van der Waals surface area contributed by atoms with E-state index in [9.17, 15) is 9.59 Å². The number of carbonyl (C=O) groups is 2. The van der Waals surface area contributed by atoms with Crippen LogP contribution in [0.2, 0.25) is 5.02 Å². The minimum atomic E-state index is -0.391. The van der Waals surface area contributed by atoms with Crippen molar-refractivity contribution in [1.82, 2.24) is 20.1 Å². The van der Waals surface area contributed by atoms with Gasteiger partial charge in [0.15, 0.2) is 11.0 Å². The van der Waals surface area contributed by atoms with Gasteiger partial charge in [0.2, 0.25) is 5.91 Å². The molecule has 2 amide bonds. The van der Waals surface area contributed by atoms with Crippen LogP contribution in [0.1, 0.15) is 34.7 Å². The van der Waals surface area contributed by atoms with E-state index >= 15 is 0 Å². The molecular formula is C23H23BrClN5O2S. The summed E-state index contributed by atoms with van der Waals surface area (Å²) in [5.41, 5.74) is 2.11. The van der Waals surface area contributed by atoms with Crippen LogP contribution in [0.5, 0.6) is 0 Å². The molecule has 172 valence electrons. The van der Waals surface area contributed by atoms with Gasteiger partial charge >= 0.3 is 0 Å². The third kappa shape index (κ3) is 6.46. The van der Waals surface area contributed by atoms with Gasteiger partial charge in [-0.1, -0.05) is 47.6 Å². The lowest BCUT2D eigenvalue weighted by Crippen LogP contribution is -2.29. The zero-order chi connectivity index (χ0) is 24.0. The minimum Gasteiger partial charge on any atom is -0.342 e. The summed E-state index contributed by atoms with van der Waals surface area (Å²) in [7, 11) is 0. The van der Waals surface area contributed by atoms with Gasteiger partial charge in [-0.25, -0.2) is 0 Å². The van der Waals surface area contributed by atoms with Crippen LogP contribution >= 0.6 is 39.3 Å². The Morgan fingerprint density at radius 3 is 2.73 bits per heavy atom. The molecule has 1 aromatic heterocycles. The molecule has 0 aliphatic rings. The molecule has 1 heterocycles. The van der Waals surface area contributed by atoms with Crippen LogP contribution in [-0.2, 0) is 11.3 Å². The summed E-state index contributed by atoms with van der Waals surface area (Å²) < 4.78 is 2.59. The van der Waals surface area contributed by atoms with Gasteiger partial charge in [0.1, 0.15) is 0 Å². The van der Waals surface area contributed by atoms with Crippen LogP contribution in [0, 0.1) is 6.92 Å². The topological polar surface area (TPSA) is 88.9 Å². The number of benzene rings is 2. The van der Waals surface area contributed by atoms with E-state index in [1.807, 2.05) is 36.6 Å². The lowest BCUT2D eigenvalue weighted by molar-refractivity contribution is -0.113. The summed E-state index contributed by atoms with van der Waals surface area (Å²) in [6.07, 6.45) is 1.72. The number of anilines is 1. The number of rotatable bonds is 9. The molecular weight excluding hydrogens is 526 g/mol. The van der Waals surface area contributed by atoms with Crippen molar-refractivity contribution >= 4 is 56.8 Å². The average molecular weight is 549 g/mol. The number of amides is 2. The van der Waals surface area contributed by atoms with Gasteiger partial charge < -0.3 is 15.2 Å². The number of carbonyl (C=O) groups excluding carboxylic acids is 2. The summed E-state index contributed by atoms with van der Waals surface area (Å²) in [6, 6.07) is 12.2. The van der Waals surface area contributed by atoms with Crippen molar-refractivity contribution in [3.63, 3.8) is 0 Å². The van der Waals surface area contributed by atoms with E-state index in [1.54, 1.807) is 30.3 Å². The average Bonchev–Trinajstić information content (AvgIpc) is 3.18. The van der Waals surface area contributed by atoms with Crippen molar-refractivity contribution in [2.45, 2.75) is 31.6 Å². The molecule has 2 aromatic carbocycles. The predicted octanol–water partition coefficient (Wildman–Crippen LogP) is 5.41. The predicted molar refractivity (Wildman–Crippen MR) is 136 cm³/mol. The minimum absolute atomic E-state index is 0.132.